The number of halogens is 1. The van der Waals surface area contributed by atoms with Crippen molar-refractivity contribution in [3.8, 4) is 22.9 Å². The number of anilines is 2. The third-order valence-electron chi connectivity index (χ3n) is 7.62. The highest BCUT2D eigenvalue weighted by atomic mass is 19.1. The lowest BCUT2D eigenvalue weighted by Crippen LogP contribution is -2.27. The van der Waals surface area contributed by atoms with Crippen LogP contribution in [0.5, 0.6) is 0 Å². The molecular weight excluding hydrogens is 561 g/mol. The van der Waals surface area contributed by atoms with Crippen LogP contribution in [0.3, 0.4) is 0 Å². The van der Waals surface area contributed by atoms with Crippen LogP contribution in [0.4, 0.5) is 15.9 Å². The quantitative estimate of drug-likeness (QED) is 0.255. The first-order valence-corrected chi connectivity index (χ1v) is 14.0. The Morgan fingerprint density at radius 2 is 1.91 bits per heavy atom. The van der Waals surface area contributed by atoms with E-state index in [1.807, 2.05) is 53.2 Å². The zero-order chi connectivity index (χ0) is 30.4. The van der Waals surface area contributed by atoms with Crippen molar-refractivity contribution in [3.63, 3.8) is 0 Å². The van der Waals surface area contributed by atoms with E-state index in [4.69, 9.17) is 15.7 Å². The molecule has 4 N–H and O–H groups in total. The molecule has 0 spiro atoms. The molecule has 7 rings (SSSR count). The number of benzene rings is 2. The number of pyridine rings is 2. The lowest BCUT2D eigenvalue weighted by Gasteiger charge is -2.16. The summed E-state index contributed by atoms with van der Waals surface area (Å²) < 4.78 is 18.1. The lowest BCUT2D eigenvalue weighted by molar-refractivity contribution is -0.114. The summed E-state index contributed by atoms with van der Waals surface area (Å²) in [5.74, 6) is 0.124. The normalized spacial score (nSPS) is 14.0. The molecule has 218 valence electrons. The zero-order valence-corrected chi connectivity index (χ0v) is 23.5. The van der Waals surface area contributed by atoms with Crippen LogP contribution in [0.25, 0.3) is 34.1 Å². The smallest absolute Gasteiger partial charge is 0.251 e. The minimum absolute atomic E-state index is 0.0264. The minimum atomic E-state index is -0.675. The Kier molecular flexibility index (Phi) is 6.58. The second-order valence-corrected chi connectivity index (χ2v) is 10.5. The van der Waals surface area contributed by atoms with Gasteiger partial charge in [-0.25, -0.2) is 24.0 Å². The summed E-state index contributed by atoms with van der Waals surface area (Å²) >= 11 is 0. The molecular formula is C32H26FN9O2. The monoisotopic (exact) mass is 587 g/mol. The van der Waals surface area contributed by atoms with Crippen LogP contribution < -0.4 is 16.4 Å². The summed E-state index contributed by atoms with van der Waals surface area (Å²) in [6, 6.07) is 19.0. The molecule has 4 aromatic heterocycles. The molecule has 1 atom stereocenters. The molecule has 0 bridgehead atoms. The van der Waals surface area contributed by atoms with Gasteiger partial charge in [-0.05, 0) is 84.6 Å². The molecule has 0 unspecified atom stereocenters. The zero-order valence-electron chi connectivity index (χ0n) is 23.5. The number of hydrogen-bond acceptors (Lipinski definition) is 7. The largest absolute Gasteiger partial charge is 0.383 e. The number of aryl methyl sites for hydroxylation is 1. The number of aromatic nitrogens is 6. The van der Waals surface area contributed by atoms with Crippen molar-refractivity contribution in [2.45, 2.75) is 25.8 Å². The molecule has 0 saturated heterocycles. The first-order chi connectivity index (χ1) is 21.4. The van der Waals surface area contributed by atoms with Crippen molar-refractivity contribution in [1.29, 1.82) is 0 Å². The van der Waals surface area contributed by atoms with E-state index in [-0.39, 0.29) is 17.3 Å². The molecule has 6 aromatic rings. The van der Waals surface area contributed by atoms with Crippen LogP contribution in [-0.4, -0.2) is 41.1 Å². The first kappa shape index (κ1) is 27.0. The maximum atomic E-state index is 14.5. The molecule has 0 saturated carbocycles. The Balaban J connectivity index is 1.24. The molecule has 4 heterocycles. The SMILES string of the molecule is CC(=O)Nc1ccc(C(=O)N[C@H]2CCc3cc(-n4c(-c5cccnc5N)nc5ccc(-n6cccn6)nc54)ccc32)cc1F. The number of nitrogen functional groups attached to an aromatic ring is 1. The Morgan fingerprint density at radius 3 is 2.68 bits per heavy atom. The molecule has 2 aromatic carbocycles. The first-order valence-electron chi connectivity index (χ1n) is 14.0. The van der Waals surface area contributed by atoms with Crippen molar-refractivity contribution >= 4 is 34.5 Å². The van der Waals surface area contributed by atoms with E-state index in [0.717, 1.165) is 29.3 Å². The number of carbonyl (C=O) groups excluding carboxylic acids is 2. The highest BCUT2D eigenvalue weighted by Crippen LogP contribution is 2.36. The second-order valence-electron chi connectivity index (χ2n) is 10.5. The predicted molar refractivity (Wildman–Crippen MR) is 163 cm³/mol. The second kappa shape index (κ2) is 10.7. The summed E-state index contributed by atoms with van der Waals surface area (Å²) in [6.45, 7) is 1.29. The molecule has 0 radical (unpaired) electrons. The van der Waals surface area contributed by atoms with Crippen molar-refractivity contribution in [1.82, 2.24) is 34.6 Å². The van der Waals surface area contributed by atoms with Gasteiger partial charge in [-0.3, -0.25) is 14.2 Å². The van der Waals surface area contributed by atoms with Crippen LogP contribution in [0, 0.1) is 5.82 Å². The number of rotatable bonds is 6. The fourth-order valence-corrected chi connectivity index (χ4v) is 5.59. The van der Waals surface area contributed by atoms with E-state index in [1.54, 1.807) is 17.1 Å². The van der Waals surface area contributed by atoms with E-state index >= 15 is 0 Å². The number of fused-ring (bicyclic) bond motifs is 2. The average molecular weight is 588 g/mol. The molecule has 12 heteroatoms. The number of amides is 2. The fourth-order valence-electron chi connectivity index (χ4n) is 5.59. The summed E-state index contributed by atoms with van der Waals surface area (Å²) in [6.07, 6.45) is 6.57. The molecule has 11 nitrogen and oxygen atoms in total. The molecule has 0 aliphatic heterocycles. The van der Waals surface area contributed by atoms with Crippen LogP contribution in [0.1, 0.15) is 40.9 Å². The molecule has 44 heavy (non-hydrogen) atoms. The van der Waals surface area contributed by atoms with Gasteiger partial charge in [-0.1, -0.05) is 6.07 Å². The molecule has 1 aliphatic rings. The summed E-state index contributed by atoms with van der Waals surface area (Å²) in [5, 5.41) is 9.76. The summed E-state index contributed by atoms with van der Waals surface area (Å²) in [7, 11) is 0. The maximum Gasteiger partial charge on any atom is 0.251 e. The Labute approximate surface area is 250 Å². The van der Waals surface area contributed by atoms with Crippen LogP contribution in [0.2, 0.25) is 0 Å². The third-order valence-corrected chi connectivity index (χ3v) is 7.62. The highest BCUT2D eigenvalue weighted by molar-refractivity contribution is 5.96. The number of hydrogen-bond donors (Lipinski definition) is 3. The van der Waals surface area contributed by atoms with Gasteiger partial charge in [0, 0.05) is 36.8 Å². The number of nitrogens with zero attached hydrogens (tertiary/aromatic N) is 6. The van der Waals surface area contributed by atoms with E-state index in [9.17, 15) is 14.0 Å². The van der Waals surface area contributed by atoms with Crippen LogP contribution >= 0.6 is 0 Å². The van der Waals surface area contributed by atoms with E-state index < -0.39 is 17.6 Å². The predicted octanol–water partition coefficient (Wildman–Crippen LogP) is 4.77. The van der Waals surface area contributed by atoms with Gasteiger partial charge in [0.15, 0.2) is 17.3 Å². The topological polar surface area (TPSA) is 146 Å². The van der Waals surface area contributed by atoms with Gasteiger partial charge in [0.25, 0.3) is 5.91 Å². The molecule has 2 amide bonds. The Morgan fingerprint density at radius 1 is 1.02 bits per heavy atom. The van der Waals surface area contributed by atoms with E-state index in [2.05, 4.69) is 26.8 Å². The van der Waals surface area contributed by atoms with Gasteiger partial charge in [0.1, 0.15) is 17.2 Å². The maximum absolute atomic E-state index is 14.5. The summed E-state index contributed by atoms with van der Waals surface area (Å²) in [4.78, 5) is 38.4. The van der Waals surface area contributed by atoms with Crippen molar-refractivity contribution in [3.05, 3.63) is 108 Å². The van der Waals surface area contributed by atoms with Crippen molar-refractivity contribution in [2.75, 3.05) is 11.1 Å². The Bertz CT molecular complexity index is 2070. The fraction of sp³-hybridized carbons (Fsp3) is 0.125. The Hall–Kier alpha value is -5.91. The number of nitrogens with two attached hydrogens (primary N) is 1. The molecule has 1 aliphatic carbocycles. The van der Waals surface area contributed by atoms with E-state index in [0.29, 0.717) is 40.6 Å². The average Bonchev–Trinajstić information content (AvgIpc) is 3.77. The van der Waals surface area contributed by atoms with Crippen LogP contribution in [-0.2, 0) is 11.2 Å². The van der Waals surface area contributed by atoms with Gasteiger partial charge in [0.05, 0.1) is 17.3 Å². The van der Waals surface area contributed by atoms with Crippen molar-refractivity contribution < 1.29 is 14.0 Å². The van der Waals surface area contributed by atoms with Gasteiger partial charge < -0.3 is 16.4 Å². The van der Waals surface area contributed by atoms with Gasteiger partial charge in [0.2, 0.25) is 5.91 Å². The van der Waals surface area contributed by atoms with Gasteiger partial charge in [-0.2, -0.15) is 5.10 Å². The van der Waals surface area contributed by atoms with Crippen LogP contribution in [0.15, 0.2) is 85.3 Å². The van der Waals surface area contributed by atoms with Gasteiger partial charge in [-0.15, -0.1) is 0 Å². The number of imidazole rings is 1. The number of carbonyl (C=O) groups is 2. The summed E-state index contributed by atoms with van der Waals surface area (Å²) in [5.41, 5.74) is 11.3. The lowest BCUT2D eigenvalue weighted by atomic mass is 10.1. The standard InChI is InChI=1S/C32H26FN9O2/c1-18(43)37-26-10-6-20(17-24(26)33)32(44)39-25-9-5-19-16-21(7-8-22(19)25)42-30(23-4-2-13-35-29(23)34)38-27-11-12-28(40-31(27)42)41-15-3-14-36-41/h2-4,6-8,10-17,25H,5,9H2,1H3,(H2,34,35)(H,37,43)(H,39,44)/t25-/m0/s1. The number of nitrogens with one attached hydrogen (secondary N) is 2. The van der Waals surface area contributed by atoms with Gasteiger partial charge >= 0.3 is 0 Å². The third kappa shape index (κ3) is 4.81. The molecule has 0 fully saturated rings. The minimum Gasteiger partial charge on any atom is -0.383 e. The highest BCUT2D eigenvalue weighted by Gasteiger charge is 2.26. The van der Waals surface area contributed by atoms with E-state index in [1.165, 1.54) is 19.1 Å². The van der Waals surface area contributed by atoms with Crippen molar-refractivity contribution in [2.24, 2.45) is 0 Å².